The van der Waals surface area contributed by atoms with E-state index in [0.29, 0.717) is 0 Å². The summed E-state index contributed by atoms with van der Waals surface area (Å²) in [4.78, 5) is 14.0. The number of likely N-dealkylation sites (tertiary alicyclic amines) is 1. The van der Waals surface area contributed by atoms with E-state index in [0.717, 1.165) is 31.7 Å². The molecule has 0 saturated carbocycles. The molecule has 21 heavy (non-hydrogen) atoms. The summed E-state index contributed by atoms with van der Waals surface area (Å²) < 4.78 is 5.92. The van der Waals surface area contributed by atoms with Crippen LogP contribution in [0.15, 0.2) is 30.3 Å². The normalized spacial score (nSPS) is 17.2. The Bertz CT molecular complexity index is 431. The number of hydrogen-bond donors (Lipinski definition) is 1. The van der Waals surface area contributed by atoms with Crippen molar-refractivity contribution in [2.75, 3.05) is 13.1 Å². The number of halogens is 1. The Labute approximate surface area is 133 Å². The van der Waals surface area contributed by atoms with Gasteiger partial charge in [-0.2, -0.15) is 0 Å². The average Bonchev–Trinajstić information content (AvgIpc) is 2.47. The molecule has 4 nitrogen and oxygen atoms in total. The molecule has 1 aliphatic heterocycles. The monoisotopic (exact) mass is 312 g/mol. The van der Waals surface area contributed by atoms with E-state index in [2.05, 4.69) is 0 Å². The van der Waals surface area contributed by atoms with E-state index in [4.69, 9.17) is 10.5 Å². The first kappa shape index (κ1) is 17.8. The van der Waals surface area contributed by atoms with Crippen molar-refractivity contribution in [2.45, 2.75) is 38.8 Å². The molecular weight excluding hydrogens is 288 g/mol. The van der Waals surface area contributed by atoms with E-state index in [1.54, 1.807) is 0 Å². The van der Waals surface area contributed by atoms with Gasteiger partial charge in [-0.25, -0.2) is 0 Å². The van der Waals surface area contributed by atoms with Gasteiger partial charge in [-0.05, 0) is 18.1 Å². The molecular formula is C16H25ClN2O2. The zero-order valence-electron chi connectivity index (χ0n) is 12.7. The number of amides is 1. The summed E-state index contributed by atoms with van der Waals surface area (Å²) in [7, 11) is 0. The van der Waals surface area contributed by atoms with E-state index in [1.807, 2.05) is 49.1 Å². The van der Waals surface area contributed by atoms with Gasteiger partial charge in [-0.3, -0.25) is 4.79 Å². The van der Waals surface area contributed by atoms with Crippen LogP contribution in [0.4, 0.5) is 0 Å². The second kappa shape index (κ2) is 8.25. The molecule has 0 unspecified atom stereocenters. The van der Waals surface area contributed by atoms with Crippen LogP contribution in [0.3, 0.4) is 0 Å². The SMILES string of the molecule is CC(C)[C@H](N)C(=O)N1CCC(Oc2ccccc2)CC1.Cl. The van der Waals surface area contributed by atoms with Crippen molar-refractivity contribution >= 4 is 18.3 Å². The number of nitrogens with zero attached hydrogens (tertiary/aromatic N) is 1. The van der Waals surface area contributed by atoms with Gasteiger partial charge in [0.1, 0.15) is 11.9 Å². The van der Waals surface area contributed by atoms with Crippen LogP contribution in [-0.4, -0.2) is 36.0 Å². The number of para-hydroxylation sites is 1. The molecule has 1 aromatic rings. The molecule has 0 radical (unpaired) electrons. The number of piperidine rings is 1. The Morgan fingerprint density at radius 3 is 2.33 bits per heavy atom. The lowest BCUT2D eigenvalue weighted by molar-refractivity contribution is -0.135. The van der Waals surface area contributed by atoms with Crippen molar-refractivity contribution in [3.63, 3.8) is 0 Å². The number of carbonyl (C=O) groups is 1. The first-order valence-corrected chi connectivity index (χ1v) is 7.34. The van der Waals surface area contributed by atoms with Gasteiger partial charge in [0.25, 0.3) is 0 Å². The van der Waals surface area contributed by atoms with Gasteiger partial charge in [-0.1, -0.05) is 32.0 Å². The topological polar surface area (TPSA) is 55.6 Å². The van der Waals surface area contributed by atoms with E-state index < -0.39 is 0 Å². The molecule has 2 rings (SSSR count). The molecule has 2 N–H and O–H groups in total. The highest BCUT2D eigenvalue weighted by Gasteiger charge is 2.28. The second-order valence-electron chi connectivity index (χ2n) is 5.73. The summed E-state index contributed by atoms with van der Waals surface area (Å²) in [5, 5.41) is 0. The third kappa shape index (κ3) is 4.90. The molecule has 0 aromatic heterocycles. The van der Waals surface area contributed by atoms with Crippen molar-refractivity contribution < 1.29 is 9.53 Å². The lowest BCUT2D eigenvalue weighted by Crippen LogP contribution is -2.50. The first-order valence-electron chi connectivity index (χ1n) is 7.34. The zero-order chi connectivity index (χ0) is 14.5. The second-order valence-corrected chi connectivity index (χ2v) is 5.73. The Morgan fingerprint density at radius 1 is 1.24 bits per heavy atom. The molecule has 1 atom stereocenters. The highest BCUT2D eigenvalue weighted by Crippen LogP contribution is 2.19. The highest BCUT2D eigenvalue weighted by atomic mass is 35.5. The molecule has 0 aliphatic carbocycles. The summed E-state index contributed by atoms with van der Waals surface area (Å²) in [6.07, 6.45) is 1.92. The van der Waals surface area contributed by atoms with Gasteiger partial charge in [0, 0.05) is 25.9 Å². The zero-order valence-corrected chi connectivity index (χ0v) is 13.5. The lowest BCUT2D eigenvalue weighted by atomic mass is 10.0. The summed E-state index contributed by atoms with van der Waals surface area (Å²) in [6.45, 7) is 5.43. The van der Waals surface area contributed by atoms with Gasteiger partial charge in [0.15, 0.2) is 0 Å². The third-order valence-electron chi connectivity index (χ3n) is 3.80. The molecule has 0 bridgehead atoms. The number of benzene rings is 1. The Morgan fingerprint density at radius 2 is 1.81 bits per heavy atom. The summed E-state index contributed by atoms with van der Waals surface area (Å²) in [5.74, 6) is 1.15. The van der Waals surface area contributed by atoms with Crippen molar-refractivity contribution in [1.82, 2.24) is 4.90 Å². The predicted molar refractivity (Wildman–Crippen MR) is 86.7 cm³/mol. The molecule has 0 spiro atoms. The predicted octanol–water partition coefficient (Wildman–Crippen LogP) is 2.46. The van der Waals surface area contributed by atoms with Crippen LogP contribution in [0.1, 0.15) is 26.7 Å². The van der Waals surface area contributed by atoms with Crippen LogP contribution in [-0.2, 0) is 4.79 Å². The van der Waals surface area contributed by atoms with E-state index in [1.165, 1.54) is 0 Å². The largest absolute Gasteiger partial charge is 0.490 e. The van der Waals surface area contributed by atoms with E-state index >= 15 is 0 Å². The smallest absolute Gasteiger partial charge is 0.239 e. The Hall–Kier alpha value is -1.26. The van der Waals surface area contributed by atoms with E-state index in [-0.39, 0.29) is 36.4 Å². The fourth-order valence-electron chi connectivity index (χ4n) is 2.38. The quantitative estimate of drug-likeness (QED) is 0.929. The Balaban J connectivity index is 0.00000220. The van der Waals surface area contributed by atoms with Crippen molar-refractivity contribution in [2.24, 2.45) is 11.7 Å². The van der Waals surface area contributed by atoms with Crippen molar-refractivity contribution in [3.05, 3.63) is 30.3 Å². The van der Waals surface area contributed by atoms with Gasteiger partial charge in [0.2, 0.25) is 5.91 Å². The molecule has 1 heterocycles. The summed E-state index contributed by atoms with van der Waals surface area (Å²) in [6, 6.07) is 9.45. The minimum atomic E-state index is -0.387. The fourth-order valence-corrected chi connectivity index (χ4v) is 2.38. The number of ether oxygens (including phenoxy) is 1. The summed E-state index contributed by atoms with van der Waals surface area (Å²) in [5.41, 5.74) is 5.93. The minimum absolute atomic E-state index is 0. The number of carbonyl (C=O) groups excluding carboxylic acids is 1. The lowest BCUT2D eigenvalue weighted by Gasteiger charge is -2.34. The van der Waals surface area contributed by atoms with Gasteiger partial charge >= 0.3 is 0 Å². The number of rotatable bonds is 4. The Kier molecular flexibility index (Phi) is 6.99. The molecule has 1 aromatic carbocycles. The molecule has 1 fully saturated rings. The fraction of sp³-hybridized carbons (Fsp3) is 0.562. The maximum atomic E-state index is 12.2. The van der Waals surface area contributed by atoms with Crippen LogP contribution >= 0.6 is 12.4 Å². The maximum Gasteiger partial charge on any atom is 0.239 e. The molecule has 1 amide bonds. The van der Waals surface area contributed by atoms with Gasteiger partial charge < -0.3 is 15.4 Å². The number of nitrogens with two attached hydrogens (primary N) is 1. The molecule has 5 heteroatoms. The minimum Gasteiger partial charge on any atom is -0.490 e. The van der Waals surface area contributed by atoms with Crippen LogP contribution < -0.4 is 10.5 Å². The first-order chi connectivity index (χ1) is 9.58. The molecule has 1 saturated heterocycles. The molecule has 118 valence electrons. The van der Waals surface area contributed by atoms with Crippen LogP contribution in [0.25, 0.3) is 0 Å². The van der Waals surface area contributed by atoms with Crippen LogP contribution in [0, 0.1) is 5.92 Å². The van der Waals surface area contributed by atoms with Gasteiger partial charge in [0.05, 0.1) is 6.04 Å². The van der Waals surface area contributed by atoms with Crippen molar-refractivity contribution in [3.8, 4) is 5.75 Å². The third-order valence-corrected chi connectivity index (χ3v) is 3.80. The maximum absolute atomic E-state index is 12.2. The van der Waals surface area contributed by atoms with Crippen molar-refractivity contribution in [1.29, 1.82) is 0 Å². The van der Waals surface area contributed by atoms with Crippen LogP contribution in [0.2, 0.25) is 0 Å². The standard InChI is InChI=1S/C16H24N2O2.ClH/c1-12(2)15(17)16(19)18-10-8-14(9-11-18)20-13-6-4-3-5-7-13;/h3-7,12,14-15H,8-11,17H2,1-2H3;1H/t15-;/m0./s1. The van der Waals surface area contributed by atoms with Crippen LogP contribution in [0.5, 0.6) is 5.75 Å². The summed E-state index contributed by atoms with van der Waals surface area (Å²) >= 11 is 0. The number of hydrogen-bond acceptors (Lipinski definition) is 3. The highest BCUT2D eigenvalue weighted by molar-refractivity contribution is 5.85. The van der Waals surface area contributed by atoms with Gasteiger partial charge in [-0.15, -0.1) is 12.4 Å². The van der Waals surface area contributed by atoms with E-state index in [9.17, 15) is 4.79 Å². The average molecular weight is 313 g/mol. The molecule has 1 aliphatic rings.